The molecule has 3 heterocycles. The van der Waals surface area contributed by atoms with Crippen molar-refractivity contribution in [3.63, 3.8) is 0 Å². The van der Waals surface area contributed by atoms with Gasteiger partial charge in [0.15, 0.2) is 5.82 Å². The molecule has 0 aliphatic heterocycles. The zero-order valence-electron chi connectivity index (χ0n) is 12.8. The molecule has 3 aromatic heterocycles. The van der Waals surface area contributed by atoms with E-state index in [2.05, 4.69) is 31.2 Å². The zero-order chi connectivity index (χ0) is 15.0. The van der Waals surface area contributed by atoms with E-state index in [0.717, 1.165) is 34.7 Å². The molecule has 1 N–H and O–H groups in total. The summed E-state index contributed by atoms with van der Waals surface area (Å²) in [5.74, 6) is 1.60. The van der Waals surface area contributed by atoms with Crippen molar-refractivity contribution >= 4 is 27.4 Å². The normalized spacial score (nSPS) is 11.2. The third kappa shape index (κ3) is 2.51. The summed E-state index contributed by atoms with van der Waals surface area (Å²) in [5, 5.41) is 8.98. The molecule has 0 atom stereocenters. The number of rotatable bonds is 4. The lowest BCUT2D eigenvalue weighted by Gasteiger charge is -2.08. The highest BCUT2D eigenvalue weighted by Gasteiger charge is 2.16. The van der Waals surface area contributed by atoms with Crippen LogP contribution in [0.2, 0.25) is 0 Å². The molecule has 0 aliphatic carbocycles. The Balaban J connectivity index is 2.19. The zero-order valence-corrected chi connectivity index (χ0v) is 13.6. The van der Waals surface area contributed by atoms with Crippen molar-refractivity contribution < 1.29 is 0 Å². The van der Waals surface area contributed by atoms with E-state index in [9.17, 15) is 0 Å². The van der Waals surface area contributed by atoms with Gasteiger partial charge in [0.25, 0.3) is 0 Å². The van der Waals surface area contributed by atoms with Crippen LogP contribution in [0.15, 0.2) is 12.3 Å². The summed E-state index contributed by atoms with van der Waals surface area (Å²) in [6, 6.07) is 1.94. The number of nitrogens with one attached hydrogen (secondary N) is 1. The minimum atomic E-state index is 0.683. The predicted molar refractivity (Wildman–Crippen MR) is 87.9 cm³/mol. The van der Waals surface area contributed by atoms with Crippen molar-refractivity contribution in [2.75, 3.05) is 11.9 Å². The number of anilines is 1. The van der Waals surface area contributed by atoms with Gasteiger partial charge in [-0.2, -0.15) is 5.10 Å². The first-order chi connectivity index (χ1) is 10.1. The highest BCUT2D eigenvalue weighted by atomic mass is 32.1. The standard InChI is InChI=1S/C15H19N5S/c1-5-7-16-14-12-9(2)10(3)21-15(12)18-13(17-14)11-6-8-20(4)19-11/h6,8H,5,7H2,1-4H3,(H,16,17,18). The molecule has 0 spiro atoms. The lowest BCUT2D eigenvalue weighted by atomic mass is 10.2. The molecule has 0 bridgehead atoms. The van der Waals surface area contributed by atoms with E-state index in [1.54, 1.807) is 16.0 Å². The van der Waals surface area contributed by atoms with Crippen LogP contribution >= 0.6 is 11.3 Å². The van der Waals surface area contributed by atoms with E-state index >= 15 is 0 Å². The number of hydrogen-bond donors (Lipinski definition) is 1. The highest BCUT2D eigenvalue weighted by molar-refractivity contribution is 7.18. The summed E-state index contributed by atoms with van der Waals surface area (Å²) in [4.78, 5) is 11.7. The molecule has 21 heavy (non-hydrogen) atoms. The monoisotopic (exact) mass is 301 g/mol. The second-order valence-corrected chi connectivity index (χ2v) is 6.36. The van der Waals surface area contributed by atoms with Crippen molar-refractivity contribution in [3.05, 3.63) is 22.7 Å². The molecule has 5 nitrogen and oxygen atoms in total. The summed E-state index contributed by atoms with van der Waals surface area (Å²) >= 11 is 1.72. The number of thiophene rings is 1. The van der Waals surface area contributed by atoms with Gasteiger partial charge < -0.3 is 5.32 Å². The molecule has 0 saturated heterocycles. The van der Waals surface area contributed by atoms with E-state index in [4.69, 9.17) is 9.97 Å². The lowest BCUT2D eigenvalue weighted by Crippen LogP contribution is -2.04. The van der Waals surface area contributed by atoms with Gasteiger partial charge in [0.1, 0.15) is 16.3 Å². The number of aromatic nitrogens is 4. The largest absolute Gasteiger partial charge is 0.369 e. The molecule has 110 valence electrons. The van der Waals surface area contributed by atoms with Crippen LogP contribution in [0.5, 0.6) is 0 Å². The molecule has 0 fully saturated rings. The van der Waals surface area contributed by atoms with E-state index in [0.29, 0.717) is 5.82 Å². The first kappa shape index (κ1) is 14.0. The van der Waals surface area contributed by atoms with Gasteiger partial charge in [0.05, 0.1) is 5.39 Å². The Morgan fingerprint density at radius 1 is 1.29 bits per heavy atom. The summed E-state index contributed by atoms with van der Waals surface area (Å²) in [6.07, 6.45) is 2.97. The average Bonchev–Trinajstić information content (AvgIpc) is 3.01. The van der Waals surface area contributed by atoms with Gasteiger partial charge in [0.2, 0.25) is 0 Å². The van der Waals surface area contributed by atoms with Crippen molar-refractivity contribution in [1.29, 1.82) is 0 Å². The van der Waals surface area contributed by atoms with Crippen LogP contribution < -0.4 is 5.32 Å². The van der Waals surface area contributed by atoms with Crippen LogP contribution in [0, 0.1) is 13.8 Å². The van der Waals surface area contributed by atoms with E-state index in [-0.39, 0.29) is 0 Å². The van der Waals surface area contributed by atoms with Gasteiger partial charge in [-0.25, -0.2) is 9.97 Å². The fraction of sp³-hybridized carbons (Fsp3) is 0.400. The predicted octanol–water partition coefficient (Wildman–Crippen LogP) is 3.53. The SMILES string of the molecule is CCCNc1nc(-c2ccn(C)n2)nc2sc(C)c(C)c12. The minimum absolute atomic E-state index is 0.683. The van der Waals surface area contributed by atoms with Crippen LogP contribution in [0.4, 0.5) is 5.82 Å². The van der Waals surface area contributed by atoms with Crippen LogP contribution in [-0.4, -0.2) is 26.3 Å². The van der Waals surface area contributed by atoms with Gasteiger partial charge in [0, 0.05) is 24.7 Å². The molecule has 3 rings (SSSR count). The number of aryl methyl sites for hydroxylation is 3. The molecule has 3 aromatic rings. The molecule has 0 amide bonds. The van der Waals surface area contributed by atoms with Crippen LogP contribution in [-0.2, 0) is 7.05 Å². The topological polar surface area (TPSA) is 55.6 Å². The number of hydrogen-bond acceptors (Lipinski definition) is 5. The maximum atomic E-state index is 4.70. The first-order valence-corrected chi connectivity index (χ1v) is 7.93. The van der Waals surface area contributed by atoms with E-state index in [1.165, 1.54) is 10.4 Å². The third-order valence-corrected chi connectivity index (χ3v) is 4.61. The Hall–Kier alpha value is -1.95. The second-order valence-electron chi connectivity index (χ2n) is 5.16. The molecular formula is C15H19N5S. The second kappa shape index (κ2) is 5.44. The Morgan fingerprint density at radius 2 is 2.10 bits per heavy atom. The van der Waals surface area contributed by atoms with Crippen molar-refractivity contribution in [1.82, 2.24) is 19.7 Å². The fourth-order valence-corrected chi connectivity index (χ4v) is 3.30. The molecule has 0 saturated carbocycles. The maximum absolute atomic E-state index is 4.70. The molecule has 0 radical (unpaired) electrons. The van der Waals surface area contributed by atoms with Crippen LogP contribution in [0.3, 0.4) is 0 Å². The molecular weight excluding hydrogens is 282 g/mol. The molecule has 0 aromatic carbocycles. The summed E-state index contributed by atoms with van der Waals surface area (Å²) in [7, 11) is 1.90. The van der Waals surface area contributed by atoms with E-state index in [1.807, 2.05) is 19.3 Å². The number of fused-ring (bicyclic) bond motifs is 1. The van der Waals surface area contributed by atoms with Crippen molar-refractivity contribution in [3.8, 4) is 11.5 Å². The third-order valence-electron chi connectivity index (χ3n) is 3.51. The maximum Gasteiger partial charge on any atom is 0.183 e. The van der Waals surface area contributed by atoms with Gasteiger partial charge in [-0.3, -0.25) is 4.68 Å². The Bertz CT molecular complexity index is 787. The quantitative estimate of drug-likeness (QED) is 0.801. The van der Waals surface area contributed by atoms with E-state index < -0.39 is 0 Å². The minimum Gasteiger partial charge on any atom is -0.369 e. The summed E-state index contributed by atoms with van der Waals surface area (Å²) in [6.45, 7) is 7.32. The van der Waals surface area contributed by atoms with Crippen molar-refractivity contribution in [2.45, 2.75) is 27.2 Å². The Kier molecular flexibility index (Phi) is 3.63. The summed E-state index contributed by atoms with van der Waals surface area (Å²) < 4.78 is 1.77. The molecule has 0 unspecified atom stereocenters. The van der Waals surface area contributed by atoms with Gasteiger partial charge in [-0.15, -0.1) is 11.3 Å². The summed E-state index contributed by atoms with van der Waals surface area (Å²) in [5.41, 5.74) is 2.07. The first-order valence-electron chi connectivity index (χ1n) is 7.11. The smallest absolute Gasteiger partial charge is 0.183 e. The van der Waals surface area contributed by atoms with Gasteiger partial charge in [-0.05, 0) is 31.9 Å². The molecule has 0 aliphatic rings. The number of nitrogens with zero attached hydrogens (tertiary/aromatic N) is 4. The Labute approximate surface area is 128 Å². The lowest BCUT2D eigenvalue weighted by molar-refractivity contribution is 0.769. The van der Waals surface area contributed by atoms with Gasteiger partial charge >= 0.3 is 0 Å². The highest BCUT2D eigenvalue weighted by Crippen LogP contribution is 2.34. The Morgan fingerprint density at radius 3 is 2.76 bits per heavy atom. The average molecular weight is 301 g/mol. The van der Waals surface area contributed by atoms with Crippen LogP contribution in [0.1, 0.15) is 23.8 Å². The fourth-order valence-electron chi connectivity index (χ4n) is 2.27. The molecule has 6 heteroatoms. The van der Waals surface area contributed by atoms with Gasteiger partial charge in [-0.1, -0.05) is 6.92 Å². The van der Waals surface area contributed by atoms with Crippen LogP contribution in [0.25, 0.3) is 21.7 Å². The van der Waals surface area contributed by atoms with Crippen molar-refractivity contribution in [2.24, 2.45) is 7.05 Å².